The van der Waals surface area contributed by atoms with Crippen molar-refractivity contribution in [2.45, 2.75) is 32.4 Å². The van der Waals surface area contributed by atoms with Crippen LogP contribution in [0.15, 0.2) is 28.8 Å². The molecule has 0 spiro atoms. The van der Waals surface area contributed by atoms with Crippen LogP contribution in [0.2, 0.25) is 0 Å². The van der Waals surface area contributed by atoms with Crippen LogP contribution in [-0.4, -0.2) is 34.3 Å². The molecule has 2 aromatic rings. The van der Waals surface area contributed by atoms with Crippen LogP contribution in [0.3, 0.4) is 0 Å². The largest absolute Gasteiger partial charge is 0.481 e. The number of aliphatic carboxylic acids is 1. The van der Waals surface area contributed by atoms with Gasteiger partial charge in [-0.25, -0.2) is 0 Å². The van der Waals surface area contributed by atoms with E-state index in [0.29, 0.717) is 24.9 Å². The molecule has 1 aromatic heterocycles. The van der Waals surface area contributed by atoms with Gasteiger partial charge in [-0.05, 0) is 36.0 Å². The predicted molar refractivity (Wildman–Crippen MR) is 85.7 cm³/mol. The number of aryl methyl sites for hydroxylation is 1. The fraction of sp³-hybridized carbons (Fsp3) is 0.471. The Morgan fingerprint density at radius 2 is 1.96 bits per heavy atom. The van der Waals surface area contributed by atoms with Crippen LogP contribution >= 0.6 is 0 Å². The normalized spacial score (nSPS) is 17.3. The lowest BCUT2D eigenvalue weighted by atomic mass is 9.73. The first-order valence-electron chi connectivity index (χ1n) is 8.15. The van der Waals surface area contributed by atoms with E-state index in [1.54, 1.807) is 11.8 Å². The Morgan fingerprint density at radius 1 is 1.31 bits per heavy atom. The van der Waals surface area contributed by atoms with Crippen molar-refractivity contribution in [2.75, 3.05) is 18.0 Å². The minimum atomic E-state index is -4.51. The molecule has 1 fully saturated rings. The molecular formula is C17H18F3N3O3. The van der Waals surface area contributed by atoms with Crippen molar-refractivity contribution in [3.63, 3.8) is 0 Å². The molecule has 1 N–H and O–H groups in total. The van der Waals surface area contributed by atoms with E-state index in [9.17, 15) is 23.1 Å². The average Bonchev–Trinajstić information content (AvgIpc) is 3.01. The maximum atomic E-state index is 13.2. The first kappa shape index (κ1) is 18.2. The van der Waals surface area contributed by atoms with Gasteiger partial charge in [0.1, 0.15) is 0 Å². The van der Waals surface area contributed by atoms with Gasteiger partial charge in [0, 0.05) is 20.0 Å². The van der Waals surface area contributed by atoms with Gasteiger partial charge in [0.15, 0.2) is 0 Å². The number of carboxylic acid groups (broad SMARTS) is 1. The number of carboxylic acids is 1. The summed E-state index contributed by atoms with van der Waals surface area (Å²) in [6, 6.07) is 5.14. The Kier molecular flexibility index (Phi) is 4.64. The second-order valence-electron chi connectivity index (χ2n) is 6.52. The van der Waals surface area contributed by atoms with Crippen molar-refractivity contribution >= 4 is 11.9 Å². The van der Waals surface area contributed by atoms with Crippen molar-refractivity contribution < 1.29 is 27.6 Å². The standard InChI is InChI=1S/C17H18F3N3O3/c1-11-21-15(22-26-11)23-8-6-16(7-9-23,14(24)25)10-12-4-2-3-5-13(12)17(18,19)20/h2-5H,6-10H2,1H3,(H,24,25). The van der Waals surface area contributed by atoms with Crippen molar-refractivity contribution in [1.29, 1.82) is 0 Å². The number of aromatic nitrogens is 2. The molecule has 0 radical (unpaired) electrons. The topological polar surface area (TPSA) is 79.5 Å². The lowest BCUT2D eigenvalue weighted by Crippen LogP contribution is -2.46. The van der Waals surface area contributed by atoms with E-state index in [1.807, 2.05) is 0 Å². The smallest absolute Gasteiger partial charge is 0.416 e. The molecule has 140 valence electrons. The molecule has 0 bridgehead atoms. The number of benzene rings is 1. The van der Waals surface area contributed by atoms with E-state index in [0.717, 1.165) is 6.07 Å². The van der Waals surface area contributed by atoms with Crippen LogP contribution < -0.4 is 4.90 Å². The highest BCUT2D eigenvalue weighted by Gasteiger charge is 2.44. The molecule has 0 amide bonds. The van der Waals surface area contributed by atoms with Gasteiger partial charge < -0.3 is 14.5 Å². The van der Waals surface area contributed by atoms with Gasteiger partial charge in [0.25, 0.3) is 5.95 Å². The summed E-state index contributed by atoms with van der Waals surface area (Å²) >= 11 is 0. The zero-order valence-electron chi connectivity index (χ0n) is 14.1. The Morgan fingerprint density at radius 3 is 2.50 bits per heavy atom. The highest BCUT2D eigenvalue weighted by molar-refractivity contribution is 5.75. The third-order valence-electron chi connectivity index (χ3n) is 4.83. The third-order valence-corrected chi connectivity index (χ3v) is 4.83. The summed E-state index contributed by atoms with van der Waals surface area (Å²) < 4.78 is 44.6. The number of anilines is 1. The number of carbonyl (C=O) groups is 1. The van der Waals surface area contributed by atoms with E-state index < -0.39 is 23.1 Å². The summed E-state index contributed by atoms with van der Waals surface area (Å²) in [4.78, 5) is 17.8. The first-order valence-corrected chi connectivity index (χ1v) is 8.15. The fourth-order valence-electron chi connectivity index (χ4n) is 3.33. The van der Waals surface area contributed by atoms with E-state index in [1.165, 1.54) is 18.2 Å². The Bertz CT molecular complexity index is 796. The molecular weight excluding hydrogens is 351 g/mol. The maximum absolute atomic E-state index is 13.2. The van der Waals surface area contributed by atoms with Gasteiger partial charge in [0.2, 0.25) is 5.89 Å². The Hall–Kier alpha value is -2.58. The number of piperidine rings is 1. The molecule has 6 nitrogen and oxygen atoms in total. The predicted octanol–water partition coefficient (Wildman–Crippen LogP) is 3.31. The van der Waals surface area contributed by atoms with Crippen molar-refractivity contribution in [2.24, 2.45) is 5.41 Å². The number of rotatable bonds is 4. The lowest BCUT2D eigenvalue weighted by molar-refractivity contribution is -0.151. The van der Waals surface area contributed by atoms with Gasteiger partial charge >= 0.3 is 12.1 Å². The second kappa shape index (κ2) is 6.62. The van der Waals surface area contributed by atoms with Crippen LogP contribution in [0.1, 0.15) is 29.9 Å². The molecule has 1 aliphatic heterocycles. The van der Waals surface area contributed by atoms with Gasteiger partial charge in [-0.15, -0.1) is 0 Å². The quantitative estimate of drug-likeness (QED) is 0.891. The second-order valence-corrected chi connectivity index (χ2v) is 6.52. The van der Waals surface area contributed by atoms with Crippen LogP contribution in [0.4, 0.5) is 19.1 Å². The number of alkyl halides is 3. The summed E-state index contributed by atoms with van der Waals surface area (Å²) in [5.41, 5.74) is -2.03. The number of halogens is 3. The van der Waals surface area contributed by atoms with E-state index in [-0.39, 0.29) is 24.8 Å². The highest BCUT2D eigenvalue weighted by Crippen LogP contribution is 2.40. The maximum Gasteiger partial charge on any atom is 0.416 e. The van der Waals surface area contributed by atoms with Gasteiger partial charge in [-0.1, -0.05) is 18.2 Å². The molecule has 1 saturated heterocycles. The summed E-state index contributed by atoms with van der Waals surface area (Å²) in [7, 11) is 0. The minimum absolute atomic E-state index is 0.00579. The van der Waals surface area contributed by atoms with Crippen molar-refractivity contribution in [3.05, 3.63) is 41.3 Å². The monoisotopic (exact) mass is 369 g/mol. The lowest BCUT2D eigenvalue weighted by Gasteiger charge is -2.38. The molecule has 3 rings (SSSR count). The summed E-state index contributed by atoms with van der Waals surface area (Å²) in [6.07, 6.45) is -4.29. The molecule has 2 heterocycles. The Labute approximate surface area is 147 Å². The van der Waals surface area contributed by atoms with E-state index in [2.05, 4.69) is 10.1 Å². The van der Waals surface area contributed by atoms with E-state index in [4.69, 9.17) is 4.52 Å². The van der Waals surface area contributed by atoms with Crippen LogP contribution in [0.5, 0.6) is 0 Å². The molecule has 1 aromatic carbocycles. The van der Waals surface area contributed by atoms with Gasteiger partial charge in [-0.2, -0.15) is 18.2 Å². The highest BCUT2D eigenvalue weighted by atomic mass is 19.4. The third kappa shape index (κ3) is 3.51. The molecule has 0 saturated carbocycles. The average molecular weight is 369 g/mol. The van der Waals surface area contributed by atoms with E-state index >= 15 is 0 Å². The zero-order chi connectivity index (χ0) is 18.9. The molecule has 0 atom stereocenters. The first-order chi connectivity index (χ1) is 12.2. The van der Waals surface area contributed by atoms with Crippen LogP contribution in [-0.2, 0) is 17.4 Å². The molecule has 26 heavy (non-hydrogen) atoms. The molecule has 0 unspecified atom stereocenters. The summed E-state index contributed by atoms with van der Waals surface area (Å²) in [5, 5.41) is 13.6. The summed E-state index contributed by atoms with van der Waals surface area (Å²) in [6.45, 7) is 2.31. The van der Waals surface area contributed by atoms with Gasteiger partial charge in [-0.3, -0.25) is 4.79 Å². The minimum Gasteiger partial charge on any atom is -0.481 e. The van der Waals surface area contributed by atoms with Crippen molar-refractivity contribution in [3.8, 4) is 0 Å². The Balaban J connectivity index is 1.82. The van der Waals surface area contributed by atoms with Crippen molar-refractivity contribution in [1.82, 2.24) is 10.1 Å². The molecule has 9 heteroatoms. The van der Waals surface area contributed by atoms with Gasteiger partial charge in [0.05, 0.1) is 11.0 Å². The number of hydrogen-bond donors (Lipinski definition) is 1. The summed E-state index contributed by atoms with van der Waals surface area (Å²) in [5.74, 6) is -0.315. The number of hydrogen-bond acceptors (Lipinski definition) is 5. The SMILES string of the molecule is Cc1nc(N2CCC(Cc3ccccc3C(F)(F)F)(C(=O)O)CC2)no1. The number of nitrogens with zero attached hydrogens (tertiary/aromatic N) is 3. The zero-order valence-corrected chi connectivity index (χ0v) is 14.1. The fourth-order valence-corrected chi connectivity index (χ4v) is 3.33. The van der Waals surface area contributed by atoms with Crippen LogP contribution in [0, 0.1) is 12.3 Å². The van der Waals surface area contributed by atoms with Crippen LogP contribution in [0.25, 0.3) is 0 Å². The molecule has 1 aliphatic rings. The molecule has 0 aliphatic carbocycles.